The average molecular weight is 272 g/mol. The van der Waals surface area contributed by atoms with Crippen molar-refractivity contribution in [2.75, 3.05) is 18.2 Å². The largest absolute Gasteiger partial charge is 0.508 e. The van der Waals surface area contributed by atoms with Crippen molar-refractivity contribution in [1.29, 1.82) is 0 Å². The van der Waals surface area contributed by atoms with E-state index in [4.69, 9.17) is 10.5 Å². The number of hydrogen-bond donors (Lipinski definition) is 3. The van der Waals surface area contributed by atoms with Crippen molar-refractivity contribution in [1.82, 2.24) is 0 Å². The van der Waals surface area contributed by atoms with E-state index in [2.05, 4.69) is 5.32 Å². The molecule has 0 aliphatic heterocycles. The van der Waals surface area contributed by atoms with Gasteiger partial charge in [0.1, 0.15) is 11.5 Å². The number of amides is 1. The SMILES string of the molecule is COc1ccc(NC(=O)c2ccc(C)c(O)c2)c(N)c1. The van der Waals surface area contributed by atoms with Gasteiger partial charge < -0.3 is 20.9 Å². The van der Waals surface area contributed by atoms with Crippen molar-refractivity contribution < 1.29 is 14.6 Å². The normalized spacial score (nSPS) is 10.1. The third-order valence-corrected chi connectivity index (χ3v) is 2.98. The predicted octanol–water partition coefficient (Wildman–Crippen LogP) is 2.54. The molecule has 0 radical (unpaired) electrons. The van der Waals surface area contributed by atoms with Crippen LogP contribution in [0.4, 0.5) is 11.4 Å². The fourth-order valence-electron chi connectivity index (χ4n) is 1.73. The summed E-state index contributed by atoms with van der Waals surface area (Å²) in [5, 5.41) is 12.3. The number of rotatable bonds is 3. The molecule has 0 aliphatic rings. The Morgan fingerprint density at radius 3 is 2.60 bits per heavy atom. The molecule has 5 heteroatoms. The highest BCUT2D eigenvalue weighted by Gasteiger charge is 2.10. The lowest BCUT2D eigenvalue weighted by Crippen LogP contribution is -2.13. The summed E-state index contributed by atoms with van der Waals surface area (Å²) >= 11 is 0. The first kappa shape index (κ1) is 13.7. The van der Waals surface area contributed by atoms with E-state index in [1.165, 1.54) is 6.07 Å². The third-order valence-electron chi connectivity index (χ3n) is 2.98. The maximum atomic E-state index is 12.1. The molecule has 0 aliphatic carbocycles. The van der Waals surface area contributed by atoms with Crippen molar-refractivity contribution in [3.63, 3.8) is 0 Å². The number of nitrogens with two attached hydrogens (primary N) is 1. The number of carbonyl (C=O) groups excluding carboxylic acids is 1. The molecule has 0 spiro atoms. The summed E-state index contributed by atoms with van der Waals surface area (Å²) in [7, 11) is 1.54. The molecule has 5 nitrogen and oxygen atoms in total. The third kappa shape index (κ3) is 2.83. The number of carbonyl (C=O) groups is 1. The molecule has 0 fully saturated rings. The predicted molar refractivity (Wildman–Crippen MR) is 78.2 cm³/mol. The minimum absolute atomic E-state index is 0.0837. The number of anilines is 2. The van der Waals surface area contributed by atoms with Crippen LogP contribution in [0.5, 0.6) is 11.5 Å². The van der Waals surface area contributed by atoms with E-state index in [0.29, 0.717) is 28.3 Å². The van der Waals surface area contributed by atoms with E-state index < -0.39 is 0 Å². The van der Waals surface area contributed by atoms with Gasteiger partial charge in [-0.25, -0.2) is 0 Å². The lowest BCUT2D eigenvalue weighted by Gasteiger charge is -2.10. The first-order chi connectivity index (χ1) is 9.51. The standard InChI is InChI=1S/C15H16N2O3/c1-9-3-4-10(7-14(9)18)15(19)17-13-6-5-11(20-2)8-12(13)16/h3-8,18H,16H2,1-2H3,(H,17,19). The molecule has 2 aromatic carbocycles. The van der Waals surface area contributed by atoms with Crippen LogP contribution >= 0.6 is 0 Å². The number of methoxy groups -OCH3 is 1. The Balaban J connectivity index is 2.21. The number of ether oxygens (including phenoxy) is 1. The maximum Gasteiger partial charge on any atom is 0.255 e. The molecule has 0 atom stereocenters. The Kier molecular flexibility index (Phi) is 3.79. The minimum Gasteiger partial charge on any atom is -0.508 e. The zero-order valence-corrected chi connectivity index (χ0v) is 11.3. The molecule has 4 N–H and O–H groups in total. The van der Waals surface area contributed by atoms with E-state index in [1.54, 1.807) is 44.4 Å². The number of nitrogens with one attached hydrogen (secondary N) is 1. The van der Waals surface area contributed by atoms with Gasteiger partial charge >= 0.3 is 0 Å². The second-order valence-corrected chi connectivity index (χ2v) is 4.41. The molecule has 2 rings (SSSR count). The van der Waals surface area contributed by atoms with E-state index in [9.17, 15) is 9.90 Å². The zero-order chi connectivity index (χ0) is 14.7. The number of hydrogen-bond acceptors (Lipinski definition) is 4. The van der Waals surface area contributed by atoms with Crippen molar-refractivity contribution in [3.05, 3.63) is 47.5 Å². The molecular weight excluding hydrogens is 256 g/mol. The quantitative estimate of drug-likeness (QED) is 0.750. The van der Waals surface area contributed by atoms with Crippen LogP contribution in [0.2, 0.25) is 0 Å². The second-order valence-electron chi connectivity index (χ2n) is 4.41. The lowest BCUT2D eigenvalue weighted by molar-refractivity contribution is 0.102. The molecule has 0 saturated carbocycles. The Bertz CT molecular complexity index is 654. The molecular formula is C15H16N2O3. The molecule has 20 heavy (non-hydrogen) atoms. The van der Waals surface area contributed by atoms with Gasteiger partial charge in [0.2, 0.25) is 0 Å². The van der Waals surface area contributed by atoms with E-state index in [-0.39, 0.29) is 11.7 Å². The first-order valence-electron chi connectivity index (χ1n) is 6.05. The minimum atomic E-state index is -0.336. The summed E-state index contributed by atoms with van der Waals surface area (Å²) in [5.41, 5.74) is 7.82. The van der Waals surface area contributed by atoms with Gasteiger partial charge in [-0.1, -0.05) is 6.07 Å². The average Bonchev–Trinajstić information content (AvgIpc) is 2.43. The van der Waals surface area contributed by atoms with Crippen LogP contribution < -0.4 is 15.8 Å². The number of nitrogen functional groups attached to an aromatic ring is 1. The number of phenolic OH excluding ortho intramolecular Hbond substituents is 1. The summed E-state index contributed by atoms with van der Waals surface area (Å²) in [6.45, 7) is 1.76. The van der Waals surface area contributed by atoms with E-state index in [1.807, 2.05) is 0 Å². The molecule has 0 heterocycles. The molecule has 104 valence electrons. The summed E-state index contributed by atoms with van der Waals surface area (Å²) < 4.78 is 5.04. The van der Waals surface area contributed by atoms with Crippen LogP contribution in [-0.4, -0.2) is 18.1 Å². The van der Waals surface area contributed by atoms with Gasteiger partial charge in [0.15, 0.2) is 0 Å². The smallest absolute Gasteiger partial charge is 0.255 e. The Morgan fingerprint density at radius 1 is 1.25 bits per heavy atom. The second kappa shape index (κ2) is 5.52. The molecule has 0 aromatic heterocycles. The topological polar surface area (TPSA) is 84.6 Å². The summed E-state index contributed by atoms with van der Waals surface area (Å²) in [4.78, 5) is 12.1. The first-order valence-corrected chi connectivity index (χ1v) is 6.05. The van der Waals surface area contributed by atoms with Crippen molar-refractivity contribution in [3.8, 4) is 11.5 Å². The summed E-state index contributed by atoms with van der Waals surface area (Å²) in [6, 6.07) is 9.75. The monoisotopic (exact) mass is 272 g/mol. The van der Waals surface area contributed by atoms with Crippen LogP contribution in [0.3, 0.4) is 0 Å². The van der Waals surface area contributed by atoms with Crippen LogP contribution in [-0.2, 0) is 0 Å². The zero-order valence-electron chi connectivity index (χ0n) is 11.3. The number of aryl methyl sites for hydroxylation is 1. The van der Waals surface area contributed by atoms with Crippen LogP contribution in [0, 0.1) is 6.92 Å². The Hall–Kier alpha value is -2.69. The number of benzene rings is 2. The fraction of sp³-hybridized carbons (Fsp3) is 0.133. The molecule has 0 saturated heterocycles. The number of phenols is 1. The highest BCUT2D eigenvalue weighted by molar-refractivity contribution is 6.06. The van der Waals surface area contributed by atoms with Gasteiger partial charge in [-0.05, 0) is 36.8 Å². The van der Waals surface area contributed by atoms with Gasteiger partial charge in [-0.15, -0.1) is 0 Å². The van der Waals surface area contributed by atoms with Gasteiger partial charge in [0, 0.05) is 11.6 Å². The van der Waals surface area contributed by atoms with Gasteiger partial charge in [0.25, 0.3) is 5.91 Å². The van der Waals surface area contributed by atoms with Gasteiger partial charge in [-0.2, -0.15) is 0 Å². The lowest BCUT2D eigenvalue weighted by atomic mass is 10.1. The maximum absolute atomic E-state index is 12.1. The fourth-order valence-corrected chi connectivity index (χ4v) is 1.73. The van der Waals surface area contributed by atoms with Gasteiger partial charge in [0.05, 0.1) is 18.5 Å². The number of aromatic hydroxyl groups is 1. The van der Waals surface area contributed by atoms with Crippen molar-refractivity contribution >= 4 is 17.3 Å². The Labute approximate surface area is 117 Å². The van der Waals surface area contributed by atoms with Crippen LogP contribution in [0.1, 0.15) is 15.9 Å². The van der Waals surface area contributed by atoms with Crippen LogP contribution in [0.15, 0.2) is 36.4 Å². The Morgan fingerprint density at radius 2 is 2.00 bits per heavy atom. The summed E-state index contributed by atoms with van der Waals surface area (Å²) in [5.74, 6) is 0.367. The highest BCUT2D eigenvalue weighted by Crippen LogP contribution is 2.25. The molecule has 1 amide bonds. The van der Waals surface area contributed by atoms with E-state index in [0.717, 1.165) is 0 Å². The van der Waals surface area contributed by atoms with Crippen molar-refractivity contribution in [2.24, 2.45) is 0 Å². The summed E-state index contributed by atoms with van der Waals surface area (Å²) in [6.07, 6.45) is 0. The molecule has 0 unspecified atom stereocenters. The van der Waals surface area contributed by atoms with Gasteiger partial charge in [-0.3, -0.25) is 4.79 Å². The highest BCUT2D eigenvalue weighted by atomic mass is 16.5. The van der Waals surface area contributed by atoms with Crippen molar-refractivity contribution in [2.45, 2.75) is 6.92 Å². The molecule has 2 aromatic rings. The molecule has 0 bridgehead atoms. The van der Waals surface area contributed by atoms with Crippen LogP contribution in [0.25, 0.3) is 0 Å². The van der Waals surface area contributed by atoms with E-state index >= 15 is 0 Å².